The molecule has 7 heteroatoms. The van der Waals surface area contributed by atoms with Crippen molar-refractivity contribution in [1.29, 1.82) is 0 Å². The van der Waals surface area contributed by atoms with Crippen LogP contribution in [0.4, 0.5) is 0 Å². The lowest BCUT2D eigenvalue weighted by Gasteiger charge is -2.25. The van der Waals surface area contributed by atoms with E-state index in [1.807, 2.05) is 26.0 Å². The molecule has 0 saturated carbocycles. The highest BCUT2D eigenvalue weighted by Crippen LogP contribution is 2.43. The van der Waals surface area contributed by atoms with Crippen molar-refractivity contribution in [3.8, 4) is 17.2 Å². The Kier molecular flexibility index (Phi) is 6.84. The van der Waals surface area contributed by atoms with Gasteiger partial charge in [-0.3, -0.25) is 9.59 Å². The number of methoxy groups -OCH3 is 2. The molecule has 1 saturated heterocycles. The molecular formula is C24H27NO6. The summed E-state index contributed by atoms with van der Waals surface area (Å²) < 4.78 is 16.4. The standard InChI is InChI=1S/C24H27NO6/c1-5-13-25-21(15-9-7-10-16(14-15)31-6-2)20(23(27)24(25)28)22(26)19-17(29-3)11-8-12-18(19)30-4/h7-12,14,21,26H,5-6,13H2,1-4H3/b22-20+. The third-order valence-electron chi connectivity index (χ3n) is 5.15. The van der Waals surface area contributed by atoms with Crippen LogP contribution in [0.15, 0.2) is 48.0 Å². The number of benzene rings is 2. The Morgan fingerprint density at radius 2 is 1.68 bits per heavy atom. The Hall–Kier alpha value is -3.48. The number of hydrogen-bond acceptors (Lipinski definition) is 6. The van der Waals surface area contributed by atoms with Crippen LogP contribution in [0.5, 0.6) is 17.2 Å². The summed E-state index contributed by atoms with van der Waals surface area (Å²) in [5.41, 5.74) is 0.900. The van der Waals surface area contributed by atoms with Crippen LogP contribution in [0.25, 0.3) is 5.76 Å². The Labute approximate surface area is 181 Å². The summed E-state index contributed by atoms with van der Waals surface area (Å²) in [6, 6.07) is 11.5. The van der Waals surface area contributed by atoms with Crippen molar-refractivity contribution >= 4 is 17.4 Å². The first-order chi connectivity index (χ1) is 15.0. The van der Waals surface area contributed by atoms with Crippen LogP contribution in [0.2, 0.25) is 0 Å². The van der Waals surface area contributed by atoms with E-state index in [9.17, 15) is 14.7 Å². The number of carbonyl (C=O) groups excluding carboxylic acids is 2. The molecule has 0 spiro atoms. The van der Waals surface area contributed by atoms with Gasteiger partial charge in [-0.05, 0) is 43.2 Å². The summed E-state index contributed by atoms with van der Waals surface area (Å²) in [6.07, 6.45) is 0.659. The molecule has 31 heavy (non-hydrogen) atoms. The van der Waals surface area contributed by atoms with Crippen LogP contribution < -0.4 is 14.2 Å². The summed E-state index contributed by atoms with van der Waals surface area (Å²) in [5.74, 6) is -0.439. The maximum absolute atomic E-state index is 13.1. The van der Waals surface area contributed by atoms with E-state index in [4.69, 9.17) is 14.2 Å². The van der Waals surface area contributed by atoms with Crippen molar-refractivity contribution in [3.05, 3.63) is 59.2 Å². The van der Waals surface area contributed by atoms with Gasteiger partial charge in [-0.25, -0.2) is 0 Å². The second kappa shape index (κ2) is 9.55. The first-order valence-electron chi connectivity index (χ1n) is 10.2. The van der Waals surface area contributed by atoms with E-state index in [1.165, 1.54) is 19.1 Å². The van der Waals surface area contributed by atoms with Crippen LogP contribution in [-0.2, 0) is 9.59 Å². The second-order valence-electron chi connectivity index (χ2n) is 7.04. The van der Waals surface area contributed by atoms with Gasteiger partial charge in [-0.1, -0.05) is 25.1 Å². The minimum atomic E-state index is -0.755. The fourth-order valence-corrected chi connectivity index (χ4v) is 3.86. The molecule has 1 unspecified atom stereocenters. The van der Waals surface area contributed by atoms with Crippen molar-refractivity contribution in [3.63, 3.8) is 0 Å². The van der Waals surface area contributed by atoms with Crippen LogP contribution in [0.1, 0.15) is 37.4 Å². The fraction of sp³-hybridized carbons (Fsp3) is 0.333. The van der Waals surface area contributed by atoms with E-state index in [0.29, 0.717) is 42.4 Å². The molecule has 1 fully saturated rings. The van der Waals surface area contributed by atoms with Crippen LogP contribution >= 0.6 is 0 Å². The van der Waals surface area contributed by atoms with Gasteiger partial charge in [-0.2, -0.15) is 0 Å². The molecule has 0 bridgehead atoms. The summed E-state index contributed by atoms with van der Waals surface area (Å²) in [5, 5.41) is 11.3. The molecule has 2 aromatic carbocycles. The zero-order valence-corrected chi connectivity index (χ0v) is 18.2. The number of ketones is 1. The van der Waals surface area contributed by atoms with Crippen molar-refractivity contribution in [2.45, 2.75) is 26.3 Å². The van der Waals surface area contributed by atoms with Gasteiger partial charge in [0, 0.05) is 6.54 Å². The summed E-state index contributed by atoms with van der Waals surface area (Å²) in [6.45, 7) is 4.66. The van der Waals surface area contributed by atoms with E-state index in [2.05, 4.69) is 0 Å². The first kappa shape index (κ1) is 22.2. The third kappa shape index (κ3) is 4.08. The van der Waals surface area contributed by atoms with E-state index in [0.717, 1.165) is 0 Å². The second-order valence-corrected chi connectivity index (χ2v) is 7.04. The Morgan fingerprint density at radius 1 is 1.03 bits per heavy atom. The monoisotopic (exact) mass is 425 g/mol. The van der Waals surface area contributed by atoms with Gasteiger partial charge in [0.2, 0.25) is 0 Å². The Morgan fingerprint density at radius 3 is 2.26 bits per heavy atom. The third-order valence-corrected chi connectivity index (χ3v) is 5.15. The highest BCUT2D eigenvalue weighted by molar-refractivity contribution is 6.46. The van der Waals surface area contributed by atoms with E-state index in [-0.39, 0.29) is 16.9 Å². The molecule has 7 nitrogen and oxygen atoms in total. The average molecular weight is 425 g/mol. The molecule has 0 aromatic heterocycles. The van der Waals surface area contributed by atoms with Gasteiger partial charge in [0.15, 0.2) is 0 Å². The lowest BCUT2D eigenvalue weighted by Crippen LogP contribution is -2.30. The lowest BCUT2D eigenvalue weighted by molar-refractivity contribution is -0.139. The SMILES string of the molecule is CCCN1C(=O)C(=O)/C(=C(/O)c2c(OC)cccc2OC)C1c1cccc(OCC)c1. The Bertz CT molecular complexity index is 991. The topological polar surface area (TPSA) is 85.3 Å². The normalized spacial score (nSPS) is 17.7. The van der Waals surface area contributed by atoms with Crippen molar-refractivity contribution in [2.24, 2.45) is 0 Å². The highest BCUT2D eigenvalue weighted by Gasteiger charge is 2.46. The van der Waals surface area contributed by atoms with Gasteiger partial charge < -0.3 is 24.2 Å². The first-order valence-corrected chi connectivity index (χ1v) is 10.2. The largest absolute Gasteiger partial charge is 0.506 e. The number of carbonyl (C=O) groups is 2. The molecule has 1 N–H and O–H groups in total. The highest BCUT2D eigenvalue weighted by atomic mass is 16.5. The number of likely N-dealkylation sites (tertiary alicyclic amines) is 1. The molecule has 2 aromatic rings. The number of amides is 1. The van der Waals surface area contributed by atoms with Crippen LogP contribution in [0, 0.1) is 0 Å². The maximum Gasteiger partial charge on any atom is 0.295 e. The number of Topliss-reactive ketones (excluding diaryl/α,β-unsaturated/α-hetero) is 1. The number of aliphatic hydroxyl groups is 1. The molecule has 1 aliphatic heterocycles. The number of hydrogen-bond donors (Lipinski definition) is 1. The predicted molar refractivity (Wildman–Crippen MR) is 116 cm³/mol. The van der Waals surface area contributed by atoms with Gasteiger partial charge in [0.05, 0.1) is 32.4 Å². The summed E-state index contributed by atoms with van der Waals surface area (Å²) in [4.78, 5) is 27.4. The zero-order chi connectivity index (χ0) is 22.5. The van der Waals surface area contributed by atoms with Gasteiger partial charge >= 0.3 is 0 Å². The zero-order valence-electron chi connectivity index (χ0n) is 18.2. The number of ether oxygens (including phenoxy) is 3. The predicted octanol–water partition coefficient (Wildman–Crippen LogP) is 3.93. The number of aliphatic hydroxyl groups excluding tert-OH is 1. The molecule has 1 atom stereocenters. The molecule has 1 heterocycles. The van der Waals surface area contributed by atoms with Crippen molar-refractivity contribution in [2.75, 3.05) is 27.4 Å². The maximum atomic E-state index is 13.1. The van der Waals surface area contributed by atoms with Gasteiger partial charge in [-0.15, -0.1) is 0 Å². The van der Waals surface area contributed by atoms with E-state index < -0.39 is 17.7 Å². The molecule has 164 valence electrons. The van der Waals surface area contributed by atoms with E-state index >= 15 is 0 Å². The molecule has 1 aliphatic rings. The smallest absolute Gasteiger partial charge is 0.295 e. The van der Waals surface area contributed by atoms with Gasteiger partial charge in [0.25, 0.3) is 11.7 Å². The van der Waals surface area contributed by atoms with Crippen molar-refractivity contribution < 1.29 is 28.9 Å². The van der Waals surface area contributed by atoms with Gasteiger partial charge in [0.1, 0.15) is 28.6 Å². The fourth-order valence-electron chi connectivity index (χ4n) is 3.86. The minimum Gasteiger partial charge on any atom is -0.506 e. The average Bonchev–Trinajstić information content (AvgIpc) is 3.03. The molecule has 1 amide bonds. The summed E-state index contributed by atoms with van der Waals surface area (Å²) in [7, 11) is 2.93. The Balaban J connectivity index is 2.27. The quantitative estimate of drug-likeness (QED) is 0.392. The minimum absolute atomic E-state index is 0.00472. The molecule has 0 aliphatic carbocycles. The number of nitrogens with zero attached hydrogens (tertiary/aromatic N) is 1. The number of rotatable bonds is 8. The summed E-state index contributed by atoms with van der Waals surface area (Å²) >= 11 is 0. The molecular weight excluding hydrogens is 398 g/mol. The molecule has 3 rings (SSSR count). The molecule has 0 radical (unpaired) electrons. The van der Waals surface area contributed by atoms with E-state index in [1.54, 1.807) is 30.3 Å². The lowest BCUT2D eigenvalue weighted by atomic mass is 9.94. The van der Waals surface area contributed by atoms with Crippen LogP contribution in [0.3, 0.4) is 0 Å². The van der Waals surface area contributed by atoms with Crippen LogP contribution in [-0.4, -0.2) is 49.1 Å². The van der Waals surface area contributed by atoms with Crippen molar-refractivity contribution in [1.82, 2.24) is 4.90 Å².